The molecule has 3 nitrogen and oxygen atoms in total. The van der Waals surface area contributed by atoms with E-state index in [0.717, 1.165) is 32.2 Å². The largest absolute Gasteiger partial charge is 0.299 e. The van der Waals surface area contributed by atoms with Crippen molar-refractivity contribution in [1.82, 2.24) is 14.9 Å². The molecular weight excluding hydrogens is 318 g/mol. The van der Waals surface area contributed by atoms with Gasteiger partial charge in [0.25, 0.3) is 0 Å². The molecule has 0 radical (unpaired) electrons. The molecule has 0 atom stereocenters. The van der Waals surface area contributed by atoms with Crippen LogP contribution in [0.15, 0.2) is 79.4 Å². The summed E-state index contributed by atoms with van der Waals surface area (Å²) in [5, 5.41) is 0. The molecule has 134 valence electrons. The molecule has 0 aliphatic carbocycles. The van der Waals surface area contributed by atoms with Gasteiger partial charge in [0.05, 0.1) is 0 Å². The second-order valence-corrected chi connectivity index (χ2v) is 6.84. The van der Waals surface area contributed by atoms with E-state index in [1.807, 2.05) is 24.8 Å². The third-order valence-corrected chi connectivity index (χ3v) is 4.93. The van der Waals surface area contributed by atoms with Crippen molar-refractivity contribution in [3.05, 3.63) is 96.1 Å². The van der Waals surface area contributed by atoms with E-state index in [9.17, 15) is 0 Å². The van der Waals surface area contributed by atoms with Crippen LogP contribution in [0, 0.1) is 0 Å². The number of rotatable bonds is 9. The van der Waals surface area contributed by atoms with Gasteiger partial charge in [-0.25, -0.2) is 0 Å². The van der Waals surface area contributed by atoms with Gasteiger partial charge in [-0.2, -0.15) is 0 Å². The highest BCUT2D eigenvalue weighted by Crippen LogP contribution is 2.17. The van der Waals surface area contributed by atoms with E-state index < -0.39 is 0 Å². The van der Waals surface area contributed by atoms with E-state index in [-0.39, 0.29) is 0 Å². The first kappa shape index (κ1) is 18.3. The van der Waals surface area contributed by atoms with Gasteiger partial charge in [0.2, 0.25) is 0 Å². The third-order valence-electron chi connectivity index (χ3n) is 4.93. The molecule has 0 aliphatic heterocycles. The van der Waals surface area contributed by atoms with Crippen molar-refractivity contribution in [3.8, 4) is 0 Å². The van der Waals surface area contributed by atoms with Crippen molar-refractivity contribution in [3.63, 3.8) is 0 Å². The van der Waals surface area contributed by atoms with Crippen molar-refractivity contribution in [2.24, 2.45) is 0 Å². The lowest BCUT2D eigenvalue weighted by Gasteiger charge is -2.28. The lowest BCUT2D eigenvalue weighted by Crippen LogP contribution is -2.32. The predicted octanol–water partition coefficient (Wildman–Crippen LogP) is 4.54. The SMILES string of the molecule is CN(Cc1ccccc1)C(CCc1ccncc1)CCc1ccncc1. The molecule has 0 amide bonds. The molecule has 0 aliphatic rings. The Kier molecular flexibility index (Phi) is 6.91. The van der Waals surface area contributed by atoms with Crippen LogP contribution in [0.4, 0.5) is 0 Å². The summed E-state index contributed by atoms with van der Waals surface area (Å²) >= 11 is 0. The Morgan fingerprint density at radius 3 is 1.69 bits per heavy atom. The van der Waals surface area contributed by atoms with E-state index in [2.05, 4.69) is 76.5 Å². The first-order valence-corrected chi connectivity index (χ1v) is 9.33. The van der Waals surface area contributed by atoms with Gasteiger partial charge in [-0.15, -0.1) is 0 Å². The van der Waals surface area contributed by atoms with Gasteiger partial charge in [0.15, 0.2) is 0 Å². The van der Waals surface area contributed by atoms with Crippen LogP contribution in [-0.2, 0) is 19.4 Å². The highest BCUT2D eigenvalue weighted by Gasteiger charge is 2.15. The van der Waals surface area contributed by atoms with E-state index in [1.54, 1.807) is 0 Å². The van der Waals surface area contributed by atoms with Gasteiger partial charge in [0.1, 0.15) is 0 Å². The minimum absolute atomic E-state index is 0.538. The minimum Gasteiger partial charge on any atom is -0.299 e. The summed E-state index contributed by atoms with van der Waals surface area (Å²) in [5.41, 5.74) is 4.09. The monoisotopic (exact) mass is 345 g/mol. The molecule has 0 saturated carbocycles. The lowest BCUT2D eigenvalue weighted by atomic mass is 9.98. The molecule has 0 spiro atoms. The van der Waals surface area contributed by atoms with Crippen LogP contribution in [0.25, 0.3) is 0 Å². The van der Waals surface area contributed by atoms with Crippen molar-refractivity contribution >= 4 is 0 Å². The van der Waals surface area contributed by atoms with Crippen molar-refractivity contribution in [1.29, 1.82) is 0 Å². The Hall–Kier alpha value is -2.52. The first-order valence-electron chi connectivity index (χ1n) is 9.33. The summed E-state index contributed by atoms with van der Waals surface area (Å²) < 4.78 is 0. The molecule has 3 heteroatoms. The molecule has 2 heterocycles. The van der Waals surface area contributed by atoms with Crippen LogP contribution in [0.5, 0.6) is 0 Å². The number of aromatic nitrogens is 2. The van der Waals surface area contributed by atoms with Gasteiger partial charge in [-0.05, 0) is 73.7 Å². The smallest absolute Gasteiger partial charge is 0.0270 e. The molecule has 0 unspecified atom stereocenters. The maximum Gasteiger partial charge on any atom is 0.0270 e. The molecule has 0 fully saturated rings. The first-order chi connectivity index (χ1) is 12.8. The molecule has 1 aromatic carbocycles. The number of aryl methyl sites for hydroxylation is 2. The molecule has 3 aromatic rings. The second kappa shape index (κ2) is 9.83. The summed E-state index contributed by atoms with van der Waals surface area (Å²) in [6.07, 6.45) is 12.0. The van der Waals surface area contributed by atoms with Crippen LogP contribution in [0.1, 0.15) is 29.5 Å². The Balaban J connectivity index is 1.63. The topological polar surface area (TPSA) is 29.0 Å². The third kappa shape index (κ3) is 5.78. The van der Waals surface area contributed by atoms with Crippen LogP contribution < -0.4 is 0 Å². The zero-order valence-corrected chi connectivity index (χ0v) is 15.5. The van der Waals surface area contributed by atoms with Gasteiger partial charge in [-0.1, -0.05) is 30.3 Å². The standard InChI is InChI=1S/C23H27N3/c1-26(19-22-5-3-2-4-6-22)23(9-7-20-11-15-24-16-12-20)10-8-21-13-17-25-18-14-21/h2-6,11-18,23H,7-10,19H2,1H3. The molecule has 0 N–H and O–H groups in total. The summed E-state index contributed by atoms with van der Waals surface area (Å²) in [6, 6.07) is 19.8. The minimum atomic E-state index is 0.538. The number of hydrogen-bond acceptors (Lipinski definition) is 3. The Morgan fingerprint density at radius 2 is 1.19 bits per heavy atom. The summed E-state index contributed by atoms with van der Waals surface area (Å²) in [5.74, 6) is 0. The second-order valence-electron chi connectivity index (χ2n) is 6.84. The van der Waals surface area contributed by atoms with Gasteiger partial charge < -0.3 is 0 Å². The van der Waals surface area contributed by atoms with E-state index >= 15 is 0 Å². The number of nitrogens with zero attached hydrogens (tertiary/aromatic N) is 3. The maximum absolute atomic E-state index is 4.12. The maximum atomic E-state index is 4.12. The zero-order chi connectivity index (χ0) is 18.0. The summed E-state index contributed by atoms with van der Waals surface area (Å²) in [7, 11) is 2.25. The number of pyridine rings is 2. The Labute approximate surface area is 156 Å². The van der Waals surface area contributed by atoms with Crippen molar-refractivity contribution in [2.45, 2.75) is 38.3 Å². The van der Waals surface area contributed by atoms with Crippen molar-refractivity contribution in [2.75, 3.05) is 7.05 Å². The van der Waals surface area contributed by atoms with Crippen molar-refractivity contribution < 1.29 is 0 Å². The van der Waals surface area contributed by atoms with Crippen LogP contribution in [-0.4, -0.2) is 28.0 Å². The van der Waals surface area contributed by atoms with Crippen LogP contribution in [0.2, 0.25) is 0 Å². The fourth-order valence-electron chi connectivity index (χ4n) is 3.35. The molecule has 0 saturated heterocycles. The van der Waals surface area contributed by atoms with Gasteiger partial charge in [-0.3, -0.25) is 14.9 Å². The Morgan fingerprint density at radius 1 is 0.692 bits per heavy atom. The highest BCUT2D eigenvalue weighted by atomic mass is 15.1. The molecule has 26 heavy (non-hydrogen) atoms. The van der Waals surface area contributed by atoms with Gasteiger partial charge >= 0.3 is 0 Å². The highest BCUT2D eigenvalue weighted by molar-refractivity contribution is 5.15. The van der Waals surface area contributed by atoms with E-state index in [1.165, 1.54) is 16.7 Å². The molecule has 0 bridgehead atoms. The zero-order valence-electron chi connectivity index (χ0n) is 15.5. The summed E-state index contributed by atoms with van der Waals surface area (Å²) in [4.78, 5) is 10.7. The quantitative estimate of drug-likeness (QED) is 0.570. The van der Waals surface area contributed by atoms with Crippen LogP contribution in [0.3, 0.4) is 0 Å². The fourth-order valence-corrected chi connectivity index (χ4v) is 3.35. The van der Waals surface area contributed by atoms with Gasteiger partial charge in [0, 0.05) is 37.4 Å². The lowest BCUT2D eigenvalue weighted by molar-refractivity contribution is 0.211. The normalized spacial score (nSPS) is 11.2. The number of hydrogen-bond donors (Lipinski definition) is 0. The molecule has 3 rings (SSSR count). The number of benzene rings is 1. The fraction of sp³-hybridized carbons (Fsp3) is 0.304. The van der Waals surface area contributed by atoms with E-state index in [4.69, 9.17) is 0 Å². The average molecular weight is 345 g/mol. The molecule has 2 aromatic heterocycles. The van der Waals surface area contributed by atoms with Crippen LogP contribution >= 0.6 is 0 Å². The van der Waals surface area contributed by atoms with E-state index in [0.29, 0.717) is 6.04 Å². The Bertz CT molecular complexity index is 701. The average Bonchev–Trinajstić information content (AvgIpc) is 2.70. The summed E-state index contributed by atoms with van der Waals surface area (Å²) in [6.45, 7) is 0.984. The molecular formula is C23H27N3. The predicted molar refractivity (Wildman–Crippen MR) is 107 cm³/mol.